The van der Waals surface area contributed by atoms with Crippen molar-refractivity contribution in [3.05, 3.63) is 54.1 Å². The van der Waals surface area contributed by atoms with Crippen molar-refractivity contribution in [3.63, 3.8) is 0 Å². The maximum Gasteiger partial charge on any atom is 0.163 e. The fourth-order valence-electron chi connectivity index (χ4n) is 3.33. The summed E-state index contributed by atoms with van der Waals surface area (Å²) in [6.07, 6.45) is -0.161. The van der Waals surface area contributed by atoms with Crippen molar-refractivity contribution in [2.24, 2.45) is 0 Å². The molecule has 27 heavy (non-hydrogen) atoms. The minimum Gasteiger partial charge on any atom is -0.493 e. The Hall–Kier alpha value is -2.34. The lowest BCUT2D eigenvalue weighted by molar-refractivity contribution is 0.129. The number of methoxy groups -OCH3 is 1. The van der Waals surface area contributed by atoms with Gasteiger partial charge in [-0.3, -0.25) is 0 Å². The third kappa shape index (κ3) is 5.10. The second-order valence-corrected chi connectivity index (χ2v) is 6.67. The first kappa shape index (κ1) is 19.4. The van der Waals surface area contributed by atoms with Gasteiger partial charge in [-0.25, -0.2) is 8.78 Å². The van der Waals surface area contributed by atoms with E-state index in [2.05, 4.69) is 34.5 Å². The molecular weight excluding hydrogens is 350 g/mol. The number of nitrogens with one attached hydrogen (secondary N) is 1. The van der Waals surface area contributed by atoms with Gasteiger partial charge in [-0.15, -0.1) is 0 Å². The zero-order valence-electron chi connectivity index (χ0n) is 15.5. The average molecular weight is 376 g/mol. The van der Waals surface area contributed by atoms with Crippen LogP contribution in [0.4, 0.5) is 14.5 Å². The number of piperazine rings is 1. The van der Waals surface area contributed by atoms with Gasteiger partial charge in [-0.2, -0.15) is 0 Å². The van der Waals surface area contributed by atoms with Crippen LogP contribution < -0.4 is 19.7 Å². The van der Waals surface area contributed by atoms with Gasteiger partial charge in [0.05, 0.1) is 7.11 Å². The molecule has 4 nitrogen and oxygen atoms in total. The monoisotopic (exact) mass is 376 g/mol. The van der Waals surface area contributed by atoms with E-state index in [1.807, 2.05) is 18.2 Å². The number of benzene rings is 2. The minimum atomic E-state index is -1.11. The highest BCUT2D eigenvalue weighted by Crippen LogP contribution is 2.33. The van der Waals surface area contributed by atoms with Crippen LogP contribution in [0.3, 0.4) is 0 Å². The smallest absolute Gasteiger partial charge is 0.163 e. The van der Waals surface area contributed by atoms with Crippen LogP contribution >= 0.6 is 0 Å². The molecule has 0 aliphatic carbocycles. The number of halogens is 2. The summed E-state index contributed by atoms with van der Waals surface area (Å²) in [7, 11) is 1.52. The van der Waals surface area contributed by atoms with Crippen molar-refractivity contribution in [2.75, 3.05) is 45.0 Å². The van der Waals surface area contributed by atoms with E-state index in [0.29, 0.717) is 17.5 Å². The van der Waals surface area contributed by atoms with Gasteiger partial charge < -0.3 is 19.7 Å². The fraction of sp³-hybridized carbons (Fsp3) is 0.429. The predicted molar refractivity (Wildman–Crippen MR) is 104 cm³/mol. The van der Waals surface area contributed by atoms with E-state index in [1.54, 1.807) is 6.07 Å². The molecule has 1 fully saturated rings. The highest BCUT2D eigenvalue weighted by molar-refractivity contribution is 5.57. The highest BCUT2D eigenvalue weighted by Gasteiger charge is 2.22. The van der Waals surface area contributed by atoms with Crippen LogP contribution in [-0.2, 0) is 6.42 Å². The van der Waals surface area contributed by atoms with E-state index in [-0.39, 0.29) is 0 Å². The van der Waals surface area contributed by atoms with Crippen molar-refractivity contribution in [1.82, 2.24) is 5.32 Å². The van der Waals surface area contributed by atoms with E-state index in [4.69, 9.17) is 9.47 Å². The molecule has 146 valence electrons. The first-order chi connectivity index (χ1) is 13.2. The average Bonchev–Trinajstić information content (AvgIpc) is 2.72. The van der Waals surface area contributed by atoms with E-state index in [0.717, 1.165) is 31.7 Å². The van der Waals surface area contributed by atoms with Crippen LogP contribution in [0.1, 0.15) is 5.56 Å². The summed E-state index contributed by atoms with van der Waals surface area (Å²) in [5, 5.41) is 3.56. The van der Waals surface area contributed by atoms with Gasteiger partial charge in [0.2, 0.25) is 0 Å². The molecule has 0 aromatic heterocycles. The summed E-state index contributed by atoms with van der Waals surface area (Å²) in [5.41, 5.74) is 2.26. The lowest BCUT2D eigenvalue weighted by atomic mass is 10.0. The zero-order chi connectivity index (χ0) is 19.1. The molecule has 2 aromatic rings. The Labute approximate surface area is 159 Å². The molecule has 1 N–H and O–H groups in total. The molecular formula is C21H26F2N2O2. The molecule has 1 heterocycles. The fourth-order valence-corrected chi connectivity index (χ4v) is 3.33. The van der Waals surface area contributed by atoms with E-state index in [9.17, 15) is 8.78 Å². The normalized spacial score (nSPS) is 17.2. The van der Waals surface area contributed by atoms with Crippen molar-refractivity contribution >= 4 is 5.69 Å². The van der Waals surface area contributed by atoms with Gasteiger partial charge in [0.1, 0.15) is 13.3 Å². The van der Waals surface area contributed by atoms with E-state index >= 15 is 0 Å². The van der Waals surface area contributed by atoms with E-state index in [1.165, 1.54) is 12.7 Å². The summed E-state index contributed by atoms with van der Waals surface area (Å²) in [6, 6.07) is 16.3. The lowest BCUT2D eigenvalue weighted by Gasteiger charge is -2.35. The summed E-state index contributed by atoms with van der Waals surface area (Å²) in [4.78, 5) is 2.26. The Morgan fingerprint density at radius 2 is 1.89 bits per heavy atom. The Morgan fingerprint density at radius 1 is 1.11 bits per heavy atom. The SMILES string of the molecule is COc1ccc(N2CCN[C@@H](Cc3ccccc3)C2)cc1OC(CF)CF. The maximum absolute atomic E-state index is 12.9. The van der Waals surface area contributed by atoms with Crippen LogP contribution in [0.5, 0.6) is 11.5 Å². The number of anilines is 1. The summed E-state index contributed by atoms with van der Waals surface area (Å²) >= 11 is 0. The lowest BCUT2D eigenvalue weighted by Crippen LogP contribution is -2.51. The zero-order valence-corrected chi connectivity index (χ0v) is 15.5. The third-order valence-corrected chi connectivity index (χ3v) is 4.73. The van der Waals surface area contributed by atoms with Gasteiger partial charge in [0.15, 0.2) is 17.6 Å². The summed E-state index contributed by atoms with van der Waals surface area (Å²) in [5.74, 6) is 0.843. The Kier molecular flexibility index (Phi) is 6.87. The van der Waals surface area contributed by atoms with Crippen LogP contribution in [0.2, 0.25) is 0 Å². The molecule has 1 atom stereocenters. The number of hydrogen-bond donors (Lipinski definition) is 1. The molecule has 0 saturated carbocycles. The molecule has 1 saturated heterocycles. The molecule has 0 spiro atoms. The Morgan fingerprint density at radius 3 is 2.59 bits per heavy atom. The minimum absolute atomic E-state index is 0.331. The predicted octanol–water partition coefficient (Wildman–Crippen LogP) is 3.40. The molecule has 0 unspecified atom stereocenters. The number of nitrogens with zero attached hydrogens (tertiary/aromatic N) is 1. The first-order valence-corrected chi connectivity index (χ1v) is 9.22. The van der Waals surface area contributed by atoms with Gasteiger partial charge in [0, 0.05) is 37.4 Å². The Balaban J connectivity index is 1.72. The van der Waals surface area contributed by atoms with Gasteiger partial charge in [0.25, 0.3) is 0 Å². The van der Waals surface area contributed by atoms with Crippen molar-refractivity contribution in [3.8, 4) is 11.5 Å². The highest BCUT2D eigenvalue weighted by atomic mass is 19.1. The summed E-state index contributed by atoms with van der Waals surface area (Å²) < 4.78 is 36.5. The molecule has 0 bridgehead atoms. The van der Waals surface area contributed by atoms with Crippen LogP contribution in [0.15, 0.2) is 48.5 Å². The van der Waals surface area contributed by atoms with Crippen LogP contribution in [0.25, 0.3) is 0 Å². The second-order valence-electron chi connectivity index (χ2n) is 6.67. The molecule has 3 rings (SSSR count). The first-order valence-electron chi connectivity index (χ1n) is 9.22. The number of alkyl halides is 2. The molecule has 1 aliphatic heterocycles. The third-order valence-electron chi connectivity index (χ3n) is 4.73. The topological polar surface area (TPSA) is 33.7 Å². The molecule has 0 amide bonds. The second kappa shape index (κ2) is 9.55. The molecule has 1 aliphatic rings. The number of hydrogen-bond acceptors (Lipinski definition) is 4. The van der Waals surface area contributed by atoms with Gasteiger partial charge in [-0.05, 0) is 24.1 Å². The largest absolute Gasteiger partial charge is 0.493 e. The van der Waals surface area contributed by atoms with Gasteiger partial charge in [-0.1, -0.05) is 30.3 Å². The van der Waals surface area contributed by atoms with Crippen LogP contribution in [-0.4, -0.2) is 52.2 Å². The van der Waals surface area contributed by atoms with Crippen molar-refractivity contribution < 1.29 is 18.3 Å². The van der Waals surface area contributed by atoms with E-state index < -0.39 is 19.5 Å². The summed E-state index contributed by atoms with van der Waals surface area (Å²) in [6.45, 7) is 0.813. The number of ether oxygens (including phenoxy) is 2. The van der Waals surface area contributed by atoms with Crippen molar-refractivity contribution in [1.29, 1.82) is 0 Å². The van der Waals surface area contributed by atoms with Crippen LogP contribution in [0, 0.1) is 0 Å². The molecule has 6 heteroatoms. The maximum atomic E-state index is 12.9. The van der Waals surface area contributed by atoms with Crippen molar-refractivity contribution in [2.45, 2.75) is 18.6 Å². The van der Waals surface area contributed by atoms with Gasteiger partial charge >= 0.3 is 0 Å². The quantitative estimate of drug-likeness (QED) is 0.766. The molecule has 2 aromatic carbocycles. The molecule has 0 radical (unpaired) electrons. The standard InChI is InChI=1S/C21H26F2N2O2/c1-26-20-8-7-18(12-21(20)27-19(13-22)14-23)25-10-9-24-17(15-25)11-16-5-3-2-4-6-16/h2-8,12,17,19,24H,9-11,13-15H2,1H3/t17-/m0/s1. The number of rotatable bonds is 8. The Bertz CT molecular complexity index is 711.